The fourth-order valence-corrected chi connectivity index (χ4v) is 10.6. The SMILES string of the molecule is CCC(F)(CC(C)(C)C(=O)OC12CC3CC(C1)CC(C(C)(C)O)(C3)C2)C(=O)OC1CC2CC1CC2CC(C)(OC(=O)OC(C)(C)C)C(F)(F)F. The molecule has 8 unspecified atom stereocenters. The molecule has 0 aromatic rings. The zero-order chi connectivity index (χ0) is 37.5. The van der Waals surface area contributed by atoms with Crippen molar-refractivity contribution in [3.63, 3.8) is 0 Å². The van der Waals surface area contributed by atoms with Gasteiger partial charge in [-0.05, 0) is 156 Å². The highest BCUT2D eigenvalue weighted by Gasteiger charge is 2.65. The summed E-state index contributed by atoms with van der Waals surface area (Å²) in [5.74, 6) is -1.87. The molecule has 0 heterocycles. The largest absolute Gasteiger partial charge is 0.509 e. The fourth-order valence-electron chi connectivity index (χ4n) is 10.6. The number of hydrogen-bond acceptors (Lipinski definition) is 8. The molecule has 6 bridgehead atoms. The molecule has 50 heavy (non-hydrogen) atoms. The van der Waals surface area contributed by atoms with Gasteiger partial charge in [0.25, 0.3) is 0 Å². The molecule has 0 amide bonds. The van der Waals surface area contributed by atoms with E-state index in [9.17, 15) is 32.7 Å². The van der Waals surface area contributed by atoms with E-state index in [1.54, 1.807) is 13.8 Å². The minimum atomic E-state index is -4.84. The minimum absolute atomic E-state index is 0.226. The second-order valence-corrected chi connectivity index (χ2v) is 19.2. The molecule has 6 saturated carbocycles. The number of rotatable bonds is 11. The van der Waals surface area contributed by atoms with Crippen molar-refractivity contribution < 1.29 is 56.0 Å². The van der Waals surface area contributed by atoms with E-state index in [-0.39, 0.29) is 30.1 Å². The van der Waals surface area contributed by atoms with Crippen molar-refractivity contribution >= 4 is 18.1 Å². The zero-order valence-corrected chi connectivity index (χ0v) is 31.3. The Morgan fingerprint density at radius 1 is 0.780 bits per heavy atom. The number of hydrogen-bond donors (Lipinski definition) is 1. The molecule has 0 aromatic carbocycles. The second-order valence-electron chi connectivity index (χ2n) is 19.2. The third kappa shape index (κ3) is 7.52. The van der Waals surface area contributed by atoms with Crippen molar-refractivity contribution in [3.05, 3.63) is 0 Å². The first-order valence-corrected chi connectivity index (χ1v) is 18.5. The van der Waals surface area contributed by atoms with Crippen LogP contribution in [0.1, 0.15) is 139 Å². The van der Waals surface area contributed by atoms with Gasteiger partial charge in [-0.3, -0.25) is 4.79 Å². The van der Waals surface area contributed by atoms with Gasteiger partial charge in [-0.15, -0.1) is 0 Å². The van der Waals surface area contributed by atoms with E-state index >= 15 is 4.39 Å². The van der Waals surface area contributed by atoms with Crippen molar-refractivity contribution in [2.45, 2.75) is 180 Å². The first-order valence-electron chi connectivity index (χ1n) is 18.5. The predicted molar refractivity (Wildman–Crippen MR) is 175 cm³/mol. The van der Waals surface area contributed by atoms with Crippen LogP contribution < -0.4 is 0 Å². The minimum Gasteiger partial charge on any atom is -0.460 e. The summed E-state index contributed by atoms with van der Waals surface area (Å²) in [5, 5.41) is 11.1. The van der Waals surface area contributed by atoms with Crippen LogP contribution in [0.3, 0.4) is 0 Å². The van der Waals surface area contributed by atoms with Crippen molar-refractivity contribution in [2.75, 3.05) is 0 Å². The van der Waals surface area contributed by atoms with Crippen molar-refractivity contribution in [1.29, 1.82) is 0 Å². The van der Waals surface area contributed by atoms with Gasteiger partial charge in [0.05, 0.1) is 11.0 Å². The number of alkyl halides is 4. The van der Waals surface area contributed by atoms with Crippen LogP contribution in [0.2, 0.25) is 0 Å². The number of carbonyl (C=O) groups excluding carboxylic acids is 3. The average molecular weight is 719 g/mol. The van der Waals surface area contributed by atoms with Gasteiger partial charge in [0.2, 0.25) is 11.3 Å². The highest BCUT2D eigenvalue weighted by atomic mass is 19.4. The van der Waals surface area contributed by atoms with Crippen LogP contribution >= 0.6 is 0 Å². The molecule has 6 aliphatic carbocycles. The maximum Gasteiger partial charge on any atom is 0.509 e. The van der Waals surface area contributed by atoms with Crippen LogP contribution in [0, 0.1) is 40.4 Å². The van der Waals surface area contributed by atoms with E-state index in [1.165, 1.54) is 27.7 Å². The van der Waals surface area contributed by atoms with Crippen LogP contribution in [0.4, 0.5) is 22.4 Å². The van der Waals surface area contributed by atoms with Gasteiger partial charge in [-0.25, -0.2) is 14.0 Å². The van der Waals surface area contributed by atoms with Gasteiger partial charge in [-0.1, -0.05) is 6.92 Å². The lowest BCUT2D eigenvalue weighted by Crippen LogP contribution is -2.63. The van der Waals surface area contributed by atoms with Crippen molar-refractivity contribution in [2.24, 2.45) is 40.4 Å². The molecule has 12 heteroatoms. The molecule has 0 radical (unpaired) electrons. The third-order valence-electron chi connectivity index (χ3n) is 13.0. The van der Waals surface area contributed by atoms with Crippen LogP contribution in [0.25, 0.3) is 0 Å². The number of aliphatic hydroxyl groups is 1. The molecule has 6 rings (SSSR count). The predicted octanol–water partition coefficient (Wildman–Crippen LogP) is 8.79. The summed E-state index contributed by atoms with van der Waals surface area (Å²) in [7, 11) is 0. The Kier molecular flexibility index (Phi) is 9.77. The molecular weight excluding hydrogens is 660 g/mol. The summed E-state index contributed by atoms with van der Waals surface area (Å²) in [5.41, 5.74) is -9.61. The third-order valence-corrected chi connectivity index (χ3v) is 13.0. The lowest BCUT2D eigenvalue weighted by Gasteiger charge is -2.64. The molecule has 6 aliphatic rings. The summed E-state index contributed by atoms with van der Waals surface area (Å²) in [6.45, 7) is 13.8. The number of fused-ring (bicyclic) bond motifs is 2. The van der Waals surface area contributed by atoms with Crippen molar-refractivity contribution in [1.82, 2.24) is 0 Å². The summed E-state index contributed by atoms with van der Waals surface area (Å²) < 4.78 is 81.1. The van der Waals surface area contributed by atoms with Gasteiger partial charge in [0.1, 0.15) is 17.3 Å². The first kappa shape index (κ1) is 39.1. The van der Waals surface area contributed by atoms with Crippen LogP contribution in [0.15, 0.2) is 0 Å². The molecule has 0 aliphatic heterocycles. The van der Waals surface area contributed by atoms with Crippen LogP contribution in [0.5, 0.6) is 0 Å². The second kappa shape index (κ2) is 12.5. The maximum atomic E-state index is 16.6. The van der Waals surface area contributed by atoms with Gasteiger partial charge >= 0.3 is 24.3 Å². The van der Waals surface area contributed by atoms with E-state index in [0.717, 1.165) is 39.0 Å². The molecule has 1 N–H and O–H groups in total. The highest BCUT2D eigenvalue weighted by Crippen LogP contribution is 2.66. The van der Waals surface area contributed by atoms with E-state index < -0.39 is 82.6 Å². The van der Waals surface area contributed by atoms with Crippen LogP contribution in [-0.4, -0.2) is 63.6 Å². The Balaban J connectivity index is 1.19. The lowest BCUT2D eigenvalue weighted by atomic mass is 9.44. The summed E-state index contributed by atoms with van der Waals surface area (Å²) in [4.78, 5) is 39.5. The van der Waals surface area contributed by atoms with Gasteiger partial charge in [0.15, 0.2) is 0 Å². The molecule has 8 nitrogen and oxygen atoms in total. The molecule has 8 atom stereocenters. The molecule has 0 saturated heterocycles. The lowest BCUT2D eigenvalue weighted by molar-refractivity contribution is -0.265. The number of carbonyl (C=O) groups is 3. The Morgan fingerprint density at radius 2 is 1.38 bits per heavy atom. The van der Waals surface area contributed by atoms with E-state index in [2.05, 4.69) is 0 Å². The maximum absolute atomic E-state index is 16.6. The molecular formula is C38H58F4O8. The standard InChI is InChI=1S/C38H58F4O8/c1-10-37(39,20-32(5,6)28(43)48-36-17-22-11-23(18-36)16-35(15-22,21-36)33(7,8)46)29(44)47-27-14-24-12-25(27)13-26(24)19-34(9,38(40,41)42)50-30(45)49-31(2,3)4/h22-27,46H,10-21H2,1-9H3. The molecule has 6 fully saturated rings. The fraction of sp³-hybridized carbons (Fsp3) is 0.921. The smallest absolute Gasteiger partial charge is 0.460 e. The topological polar surface area (TPSA) is 108 Å². The number of halogens is 4. The Bertz CT molecular complexity index is 1320. The highest BCUT2D eigenvalue weighted by molar-refractivity contribution is 5.82. The van der Waals surface area contributed by atoms with Gasteiger partial charge < -0.3 is 24.1 Å². The van der Waals surface area contributed by atoms with Gasteiger partial charge in [-0.2, -0.15) is 13.2 Å². The molecule has 0 aromatic heterocycles. The monoisotopic (exact) mass is 718 g/mol. The van der Waals surface area contributed by atoms with Gasteiger partial charge in [0, 0.05) is 11.8 Å². The normalized spacial score (nSPS) is 36.0. The van der Waals surface area contributed by atoms with E-state index in [4.69, 9.17) is 18.9 Å². The number of esters is 2. The quantitative estimate of drug-likeness (QED) is 0.128. The first-order chi connectivity index (χ1) is 22.6. The van der Waals surface area contributed by atoms with E-state index in [1.807, 2.05) is 13.8 Å². The van der Waals surface area contributed by atoms with Crippen LogP contribution in [-0.2, 0) is 28.5 Å². The summed E-state index contributed by atoms with van der Waals surface area (Å²) >= 11 is 0. The zero-order valence-electron chi connectivity index (χ0n) is 31.3. The molecule has 0 spiro atoms. The average Bonchev–Trinajstić information content (AvgIpc) is 3.49. The Labute approximate surface area is 294 Å². The van der Waals surface area contributed by atoms with E-state index in [0.29, 0.717) is 31.1 Å². The number of ether oxygens (including phenoxy) is 4. The van der Waals surface area contributed by atoms with Crippen molar-refractivity contribution in [3.8, 4) is 0 Å². The molecule has 286 valence electrons. The Hall–Kier alpha value is -2.11. The Morgan fingerprint density at radius 3 is 1.86 bits per heavy atom. The summed E-state index contributed by atoms with van der Waals surface area (Å²) in [6.07, 6.45) is -2.05. The summed E-state index contributed by atoms with van der Waals surface area (Å²) in [6, 6.07) is 0.